The van der Waals surface area contributed by atoms with Crippen molar-refractivity contribution < 1.29 is 9.90 Å². The Balaban J connectivity index is 2.08. The molecule has 9 heteroatoms. The smallest absolute Gasteiger partial charge is 0.295 e. The van der Waals surface area contributed by atoms with E-state index in [0.29, 0.717) is 11.4 Å². The van der Waals surface area contributed by atoms with Crippen LogP contribution in [0.4, 0.5) is 5.69 Å². The van der Waals surface area contributed by atoms with Crippen LogP contribution in [-0.4, -0.2) is 20.4 Å². The Morgan fingerprint density at radius 1 is 1.11 bits per heavy atom. The molecule has 0 spiro atoms. The second-order valence-corrected chi connectivity index (χ2v) is 6.96. The van der Waals surface area contributed by atoms with E-state index in [1.807, 2.05) is 6.07 Å². The Morgan fingerprint density at radius 3 is 2.37 bits per heavy atom. The summed E-state index contributed by atoms with van der Waals surface area (Å²) in [5.74, 6) is -1.31. The van der Waals surface area contributed by atoms with Gasteiger partial charge >= 0.3 is 0 Å². The minimum Gasteiger partial charge on any atom is -0.505 e. The third-order valence-electron chi connectivity index (χ3n) is 4.17. The van der Waals surface area contributed by atoms with E-state index in [0.717, 1.165) is 0 Å². The predicted octanol–water partition coefficient (Wildman–Crippen LogP) is 4.40. The van der Waals surface area contributed by atoms with Crippen molar-refractivity contribution in [3.05, 3.63) is 73.1 Å². The van der Waals surface area contributed by atoms with E-state index in [1.165, 1.54) is 10.7 Å². The number of rotatable bonds is 3. The third kappa shape index (κ3) is 3.32. The molecular formula is C18H14Cl3N3O3. The van der Waals surface area contributed by atoms with Crippen LogP contribution in [0.15, 0.2) is 41.2 Å². The van der Waals surface area contributed by atoms with Crippen molar-refractivity contribution in [2.45, 2.75) is 6.92 Å². The molecule has 2 aromatic carbocycles. The molecule has 1 aromatic heterocycles. The van der Waals surface area contributed by atoms with E-state index in [2.05, 4.69) is 5.32 Å². The highest BCUT2D eigenvalue weighted by Crippen LogP contribution is 2.38. The van der Waals surface area contributed by atoms with Crippen molar-refractivity contribution >= 4 is 46.4 Å². The number of hydrogen-bond donors (Lipinski definition) is 2. The average Bonchev–Trinajstić information content (AvgIpc) is 2.84. The largest absolute Gasteiger partial charge is 0.505 e. The maximum absolute atomic E-state index is 12.9. The van der Waals surface area contributed by atoms with Crippen molar-refractivity contribution in [1.29, 1.82) is 0 Å². The molecule has 3 aromatic rings. The highest BCUT2D eigenvalue weighted by atomic mass is 35.5. The minimum absolute atomic E-state index is 0.0103. The summed E-state index contributed by atoms with van der Waals surface area (Å²) in [6.45, 7) is 1.68. The summed E-state index contributed by atoms with van der Waals surface area (Å²) < 4.78 is 3.02. The van der Waals surface area contributed by atoms with Crippen LogP contribution in [-0.2, 0) is 7.05 Å². The van der Waals surface area contributed by atoms with E-state index in [-0.39, 0.29) is 26.3 Å². The van der Waals surface area contributed by atoms with Gasteiger partial charge in [0.15, 0.2) is 0 Å². The van der Waals surface area contributed by atoms with Crippen molar-refractivity contribution in [3.8, 4) is 11.4 Å². The maximum Gasteiger partial charge on any atom is 0.295 e. The number of para-hydroxylation sites is 1. The average molecular weight is 427 g/mol. The van der Waals surface area contributed by atoms with Crippen molar-refractivity contribution in [2.24, 2.45) is 7.05 Å². The summed E-state index contributed by atoms with van der Waals surface area (Å²) in [7, 11) is 1.69. The molecule has 0 atom stereocenters. The fraction of sp³-hybridized carbons (Fsp3) is 0.111. The van der Waals surface area contributed by atoms with Gasteiger partial charge in [0, 0.05) is 7.05 Å². The minimum atomic E-state index is -0.798. The highest BCUT2D eigenvalue weighted by molar-refractivity contribution is 6.46. The van der Waals surface area contributed by atoms with Gasteiger partial charge in [0.1, 0.15) is 17.0 Å². The molecule has 0 saturated carbocycles. The molecular weight excluding hydrogens is 413 g/mol. The Kier molecular flexibility index (Phi) is 5.24. The first-order chi connectivity index (χ1) is 12.7. The predicted molar refractivity (Wildman–Crippen MR) is 107 cm³/mol. The van der Waals surface area contributed by atoms with Crippen molar-refractivity contribution in [1.82, 2.24) is 9.36 Å². The van der Waals surface area contributed by atoms with E-state index in [4.69, 9.17) is 34.8 Å². The summed E-state index contributed by atoms with van der Waals surface area (Å²) in [6.07, 6.45) is 0. The van der Waals surface area contributed by atoms with Crippen molar-refractivity contribution in [3.63, 3.8) is 0 Å². The lowest BCUT2D eigenvalue weighted by Gasteiger charge is -2.10. The molecule has 0 radical (unpaired) electrons. The number of aromatic hydroxyl groups is 1. The van der Waals surface area contributed by atoms with Crippen LogP contribution >= 0.6 is 34.8 Å². The van der Waals surface area contributed by atoms with Gasteiger partial charge in [-0.25, -0.2) is 4.68 Å². The van der Waals surface area contributed by atoms with Crippen LogP contribution in [0.3, 0.4) is 0 Å². The molecule has 6 nitrogen and oxygen atoms in total. The number of nitrogens with one attached hydrogen (secondary N) is 1. The summed E-state index contributed by atoms with van der Waals surface area (Å²) in [4.78, 5) is 25.6. The molecule has 140 valence electrons. The van der Waals surface area contributed by atoms with Gasteiger partial charge < -0.3 is 10.4 Å². The zero-order valence-corrected chi connectivity index (χ0v) is 16.5. The highest BCUT2D eigenvalue weighted by Gasteiger charge is 2.24. The molecule has 1 heterocycles. The molecule has 3 rings (SSSR count). The molecule has 0 bridgehead atoms. The lowest BCUT2D eigenvalue weighted by atomic mass is 10.1. The van der Waals surface area contributed by atoms with Crippen LogP contribution in [0.2, 0.25) is 15.1 Å². The molecule has 0 fully saturated rings. The van der Waals surface area contributed by atoms with Crippen LogP contribution in [0.1, 0.15) is 16.1 Å². The van der Waals surface area contributed by atoms with E-state index in [1.54, 1.807) is 42.9 Å². The first kappa shape index (κ1) is 19.4. The Bertz CT molecular complexity index is 1080. The first-order valence-electron chi connectivity index (χ1n) is 7.75. The van der Waals surface area contributed by atoms with Crippen LogP contribution < -0.4 is 10.9 Å². The van der Waals surface area contributed by atoms with Crippen LogP contribution in [0.5, 0.6) is 5.75 Å². The lowest BCUT2D eigenvalue weighted by Crippen LogP contribution is -2.23. The standard InChI is InChI=1S/C18H14Cl3N3O3/c1-9-15(18(27)24(23(9)2)10-6-4-3-5-7-10)22-17(26)13-14(21)11(19)8-12(20)16(13)25/h3-8,25H,1-2H3,(H,22,26). The van der Waals surface area contributed by atoms with Crippen LogP contribution in [0, 0.1) is 6.92 Å². The maximum atomic E-state index is 12.9. The second kappa shape index (κ2) is 7.31. The number of amides is 1. The number of anilines is 1. The molecule has 0 aliphatic heterocycles. The number of nitrogens with zero attached hydrogens (tertiary/aromatic N) is 2. The Morgan fingerprint density at radius 2 is 1.74 bits per heavy atom. The van der Waals surface area contributed by atoms with Gasteiger partial charge in [-0.2, -0.15) is 0 Å². The van der Waals surface area contributed by atoms with Gasteiger partial charge in [0.05, 0.1) is 26.4 Å². The van der Waals surface area contributed by atoms with E-state index >= 15 is 0 Å². The lowest BCUT2D eigenvalue weighted by molar-refractivity contribution is 0.102. The Labute approximate surface area is 169 Å². The topological polar surface area (TPSA) is 76.3 Å². The number of halogens is 3. The fourth-order valence-electron chi connectivity index (χ4n) is 2.68. The SMILES string of the molecule is Cc1c(NC(=O)c2c(O)c(Cl)cc(Cl)c2Cl)c(=O)n(-c2ccccc2)n1C. The summed E-state index contributed by atoms with van der Waals surface area (Å²) in [5.41, 5.74) is 0.473. The number of hydrogen-bond acceptors (Lipinski definition) is 3. The molecule has 0 unspecified atom stereocenters. The van der Waals surface area contributed by atoms with Gasteiger partial charge in [-0.05, 0) is 25.1 Å². The quantitative estimate of drug-likeness (QED) is 0.609. The fourth-order valence-corrected chi connectivity index (χ4v) is 3.37. The second-order valence-electron chi connectivity index (χ2n) is 5.77. The van der Waals surface area contributed by atoms with Gasteiger partial charge in [-0.1, -0.05) is 53.0 Å². The zero-order valence-electron chi connectivity index (χ0n) is 14.3. The summed E-state index contributed by atoms with van der Waals surface area (Å²) in [5, 5.41) is 12.3. The van der Waals surface area contributed by atoms with Crippen molar-refractivity contribution in [2.75, 3.05) is 5.32 Å². The summed E-state index contributed by atoms with van der Waals surface area (Å²) >= 11 is 17.8. The number of phenols is 1. The zero-order chi connectivity index (χ0) is 19.9. The molecule has 0 aliphatic carbocycles. The molecule has 0 saturated heterocycles. The third-order valence-corrected chi connectivity index (χ3v) is 5.24. The van der Waals surface area contributed by atoms with E-state index in [9.17, 15) is 14.7 Å². The van der Waals surface area contributed by atoms with Crippen LogP contribution in [0.25, 0.3) is 5.69 Å². The normalized spacial score (nSPS) is 10.9. The van der Waals surface area contributed by atoms with E-state index < -0.39 is 17.2 Å². The summed E-state index contributed by atoms with van der Waals surface area (Å²) in [6, 6.07) is 10.2. The molecule has 2 N–H and O–H groups in total. The van der Waals surface area contributed by atoms with Gasteiger partial charge in [-0.3, -0.25) is 14.3 Å². The van der Waals surface area contributed by atoms with Gasteiger partial charge in [-0.15, -0.1) is 0 Å². The first-order valence-corrected chi connectivity index (χ1v) is 8.89. The number of carbonyl (C=O) groups excluding carboxylic acids is 1. The number of carbonyl (C=O) groups is 1. The molecule has 0 aliphatic rings. The number of phenolic OH excluding ortho intramolecular Hbond substituents is 1. The van der Waals surface area contributed by atoms with Gasteiger partial charge in [0.25, 0.3) is 11.5 Å². The molecule has 1 amide bonds. The number of benzene rings is 2. The monoisotopic (exact) mass is 425 g/mol. The molecule has 27 heavy (non-hydrogen) atoms. The number of aromatic nitrogens is 2. The van der Waals surface area contributed by atoms with Gasteiger partial charge in [0.2, 0.25) is 0 Å². The Hall–Kier alpha value is -2.41.